The maximum absolute atomic E-state index is 13.7. The number of carbonyl (C=O) groups excluding carboxylic acids is 3. The minimum atomic E-state index is -4.33. The van der Waals surface area contributed by atoms with Gasteiger partial charge >= 0.3 is 6.18 Å². The van der Waals surface area contributed by atoms with Crippen LogP contribution in [-0.2, 0) is 22.7 Å². The molecule has 7 nitrogen and oxygen atoms in total. The highest BCUT2D eigenvalue weighted by Crippen LogP contribution is 2.37. The van der Waals surface area contributed by atoms with E-state index in [2.05, 4.69) is 5.32 Å². The molecule has 1 aromatic rings. The van der Waals surface area contributed by atoms with Crippen LogP contribution in [0, 0.1) is 5.92 Å². The van der Waals surface area contributed by atoms with Gasteiger partial charge in [-0.2, -0.15) is 13.2 Å². The summed E-state index contributed by atoms with van der Waals surface area (Å²) in [6.45, 7) is 1.04. The van der Waals surface area contributed by atoms with E-state index in [4.69, 9.17) is 5.73 Å². The van der Waals surface area contributed by atoms with E-state index in [1.807, 2.05) is 0 Å². The number of amides is 3. The third kappa shape index (κ3) is 4.52. The van der Waals surface area contributed by atoms with Crippen LogP contribution < -0.4 is 11.1 Å². The first-order valence-corrected chi connectivity index (χ1v) is 10.9. The quantitative estimate of drug-likeness (QED) is 0.666. The van der Waals surface area contributed by atoms with Crippen molar-refractivity contribution >= 4 is 17.7 Å². The van der Waals surface area contributed by atoms with Crippen molar-refractivity contribution in [1.29, 1.82) is 0 Å². The number of halogens is 3. The summed E-state index contributed by atoms with van der Waals surface area (Å²) in [5.74, 6) is -1.21. The average molecular weight is 452 g/mol. The molecular weight excluding hydrogens is 425 g/mol. The van der Waals surface area contributed by atoms with E-state index >= 15 is 0 Å². The SMILES string of the molecule is NCC[C@@H]1CCN(Cc2ccc3c(c2)C(=O)N(C2CCC(=O)NC2=O)C3)[C@H](C(F)(F)F)C1. The molecule has 3 amide bonds. The van der Waals surface area contributed by atoms with Gasteiger partial charge in [0.1, 0.15) is 12.1 Å². The minimum absolute atomic E-state index is 0.0356. The molecule has 4 rings (SSSR count). The molecule has 174 valence electrons. The summed E-state index contributed by atoms with van der Waals surface area (Å²) in [6, 6.07) is 2.89. The van der Waals surface area contributed by atoms with Crippen LogP contribution in [0.2, 0.25) is 0 Å². The van der Waals surface area contributed by atoms with Crippen LogP contribution in [-0.4, -0.2) is 58.9 Å². The highest BCUT2D eigenvalue weighted by molar-refractivity contribution is 6.05. The average Bonchev–Trinajstić information content (AvgIpc) is 3.04. The monoisotopic (exact) mass is 452 g/mol. The number of fused-ring (bicyclic) bond motifs is 1. The van der Waals surface area contributed by atoms with Crippen LogP contribution in [0.3, 0.4) is 0 Å². The predicted octanol–water partition coefficient (Wildman–Crippen LogP) is 1.94. The van der Waals surface area contributed by atoms with Gasteiger partial charge in [-0.25, -0.2) is 0 Å². The van der Waals surface area contributed by atoms with Crippen molar-refractivity contribution in [3.8, 4) is 0 Å². The summed E-state index contributed by atoms with van der Waals surface area (Å²) < 4.78 is 41.1. The predicted molar refractivity (Wildman–Crippen MR) is 109 cm³/mol. The Labute approximate surface area is 184 Å². The molecule has 0 saturated carbocycles. The van der Waals surface area contributed by atoms with Crippen molar-refractivity contribution in [3.05, 3.63) is 34.9 Å². The van der Waals surface area contributed by atoms with Crippen molar-refractivity contribution in [2.24, 2.45) is 11.7 Å². The first-order valence-electron chi connectivity index (χ1n) is 10.9. The number of imide groups is 1. The Morgan fingerprint density at radius 2 is 1.94 bits per heavy atom. The number of nitrogens with one attached hydrogen (secondary N) is 1. The van der Waals surface area contributed by atoms with Crippen molar-refractivity contribution in [1.82, 2.24) is 15.1 Å². The summed E-state index contributed by atoms with van der Waals surface area (Å²) in [7, 11) is 0. The number of piperidine rings is 2. The first kappa shape index (κ1) is 22.7. The summed E-state index contributed by atoms with van der Waals surface area (Å²) >= 11 is 0. The number of benzene rings is 1. The molecule has 32 heavy (non-hydrogen) atoms. The van der Waals surface area contributed by atoms with Gasteiger partial charge in [0.15, 0.2) is 0 Å². The third-order valence-electron chi connectivity index (χ3n) is 6.75. The molecule has 1 aromatic carbocycles. The van der Waals surface area contributed by atoms with Gasteiger partial charge in [-0.15, -0.1) is 0 Å². The van der Waals surface area contributed by atoms with Gasteiger partial charge < -0.3 is 10.6 Å². The maximum atomic E-state index is 13.7. The van der Waals surface area contributed by atoms with Gasteiger partial charge in [-0.1, -0.05) is 12.1 Å². The Balaban J connectivity index is 1.48. The van der Waals surface area contributed by atoms with E-state index in [0.29, 0.717) is 37.1 Å². The molecule has 10 heteroatoms. The molecule has 2 saturated heterocycles. The molecule has 0 bridgehead atoms. The topological polar surface area (TPSA) is 95.7 Å². The van der Waals surface area contributed by atoms with E-state index in [0.717, 1.165) is 5.56 Å². The fourth-order valence-electron chi connectivity index (χ4n) is 5.05. The van der Waals surface area contributed by atoms with Crippen LogP contribution in [0.4, 0.5) is 13.2 Å². The summed E-state index contributed by atoms with van der Waals surface area (Å²) in [5.41, 5.74) is 7.32. The van der Waals surface area contributed by atoms with Crippen LogP contribution in [0.1, 0.15) is 53.6 Å². The Kier molecular flexibility index (Phi) is 6.26. The highest BCUT2D eigenvalue weighted by Gasteiger charge is 2.46. The molecule has 0 aromatic heterocycles. The Hall–Kier alpha value is -2.46. The zero-order valence-electron chi connectivity index (χ0n) is 17.7. The lowest BCUT2D eigenvalue weighted by molar-refractivity contribution is -0.197. The Morgan fingerprint density at radius 3 is 2.62 bits per heavy atom. The van der Waals surface area contributed by atoms with E-state index in [9.17, 15) is 27.6 Å². The summed E-state index contributed by atoms with van der Waals surface area (Å²) in [5, 5.41) is 2.26. The number of likely N-dealkylation sites (tertiary alicyclic amines) is 1. The minimum Gasteiger partial charge on any atom is -0.330 e. The lowest BCUT2D eigenvalue weighted by Gasteiger charge is -2.40. The number of hydrogen-bond acceptors (Lipinski definition) is 5. The van der Waals surface area contributed by atoms with Gasteiger partial charge in [0, 0.05) is 25.1 Å². The molecule has 0 aliphatic carbocycles. The van der Waals surface area contributed by atoms with E-state index in [1.54, 1.807) is 18.2 Å². The fraction of sp³-hybridized carbons (Fsp3) is 0.591. The molecule has 0 radical (unpaired) electrons. The number of alkyl halides is 3. The van der Waals surface area contributed by atoms with Crippen LogP contribution in [0.5, 0.6) is 0 Å². The molecule has 1 unspecified atom stereocenters. The van der Waals surface area contributed by atoms with Crippen LogP contribution >= 0.6 is 0 Å². The summed E-state index contributed by atoms with van der Waals surface area (Å²) in [4.78, 5) is 39.4. The lowest BCUT2D eigenvalue weighted by atomic mass is 9.87. The van der Waals surface area contributed by atoms with Gasteiger partial charge in [-0.05, 0) is 61.9 Å². The Morgan fingerprint density at radius 1 is 1.16 bits per heavy atom. The van der Waals surface area contributed by atoms with Gasteiger partial charge in [-0.3, -0.25) is 24.6 Å². The van der Waals surface area contributed by atoms with Crippen LogP contribution in [0.15, 0.2) is 18.2 Å². The van der Waals surface area contributed by atoms with Gasteiger partial charge in [0.25, 0.3) is 5.91 Å². The van der Waals surface area contributed by atoms with E-state index in [-0.39, 0.29) is 50.1 Å². The molecule has 3 atom stereocenters. The lowest BCUT2D eigenvalue weighted by Crippen LogP contribution is -2.52. The third-order valence-corrected chi connectivity index (χ3v) is 6.75. The number of nitrogens with zero attached hydrogens (tertiary/aromatic N) is 2. The number of nitrogens with two attached hydrogens (primary N) is 1. The second kappa shape index (κ2) is 8.82. The van der Waals surface area contributed by atoms with Crippen molar-refractivity contribution in [2.45, 2.75) is 63.5 Å². The van der Waals surface area contributed by atoms with Gasteiger partial charge in [0.05, 0.1) is 0 Å². The molecular formula is C22H27F3N4O3. The second-order valence-corrected chi connectivity index (χ2v) is 8.89. The molecule has 2 fully saturated rings. The van der Waals surface area contributed by atoms with Crippen LogP contribution in [0.25, 0.3) is 0 Å². The number of carbonyl (C=O) groups is 3. The second-order valence-electron chi connectivity index (χ2n) is 8.89. The van der Waals surface area contributed by atoms with E-state index < -0.39 is 24.2 Å². The molecule has 3 aliphatic rings. The van der Waals surface area contributed by atoms with Crippen molar-refractivity contribution < 1.29 is 27.6 Å². The first-order chi connectivity index (χ1) is 15.2. The molecule has 3 heterocycles. The molecule has 3 aliphatic heterocycles. The summed E-state index contributed by atoms with van der Waals surface area (Å²) in [6.07, 6.45) is -2.61. The normalized spacial score (nSPS) is 26.9. The maximum Gasteiger partial charge on any atom is 0.404 e. The number of hydrogen-bond donors (Lipinski definition) is 2. The van der Waals surface area contributed by atoms with Crippen molar-refractivity contribution in [3.63, 3.8) is 0 Å². The Bertz CT molecular complexity index is 920. The number of rotatable bonds is 5. The van der Waals surface area contributed by atoms with Crippen molar-refractivity contribution in [2.75, 3.05) is 13.1 Å². The zero-order valence-corrected chi connectivity index (χ0v) is 17.7. The largest absolute Gasteiger partial charge is 0.404 e. The van der Waals surface area contributed by atoms with Gasteiger partial charge in [0.2, 0.25) is 11.8 Å². The zero-order chi connectivity index (χ0) is 23.0. The highest BCUT2D eigenvalue weighted by atomic mass is 19.4. The fourth-order valence-corrected chi connectivity index (χ4v) is 5.05. The molecule has 0 spiro atoms. The standard InChI is InChI=1S/C22H27F3N4O3/c23-22(24,25)18-10-13(5-7-26)6-8-28(18)11-14-1-2-15-12-29(21(32)16(15)9-14)17-3-4-19(30)27-20(17)31/h1-2,9,13,17-18H,3-8,10-12,26H2,(H,27,30,31)/t13-,17?,18+/m1/s1. The molecule has 3 N–H and O–H groups in total. The van der Waals surface area contributed by atoms with E-state index in [1.165, 1.54) is 9.80 Å². The smallest absolute Gasteiger partial charge is 0.330 e.